The first-order valence-corrected chi connectivity index (χ1v) is 5.98. The van der Waals surface area contributed by atoms with Gasteiger partial charge in [-0.25, -0.2) is 4.79 Å². The quantitative estimate of drug-likeness (QED) is 0.806. The minimum absolute atomic E-state index is 0.370. The molecule has 0 radical (unpaired) electrons. The number of aromatic carboxylic acids is 1. The van der Waals surface area contributed by atoms with E-state index in [0.717, 1.165) is 5.69 Å². The van der Waals surface area contributed by atoms with Crippen molar-refractivity contribution in [3.63, 3.8) is 0 Å². The number of rotatable bonds is 1. The zero-order valence-corrected chi connectivity index (χ0v) is 9.77. The Kier molecular flexibility index (Phi) is 4.33. The Bertz CT molecular complexity index is 404. The molecule has 0 aliphatic carbocycles. The van der Waals surface area contributed by atoms with E-state index in [1.165, 1.54) is 16.2 Å². The van der Waals surface area contributed by atoms with Gasteiger partial charge in [0.1, 0.15) is 0 Å². The SMILES string of the molecule is Cc1cc(N)cs1.O=C(O)c1ccsc1. The first-order valence-electron chi connectivity index (χ1n) is 4.15. The highest BCUT2D eigenvalue weighted by molar-refractivity contribution is 7.10. The molecule has 0 saturated heterocycles. The number of anilines is 1. The summed E-state index contributed by atoms with van der Waals surface area (Å²) < 4.78 is 0. The lowest BCUT2D eigenvalue weighted by molar-refractivity contribution is 0.0697. The van der Waals surface area contributed by atoms with Crippen LogP contribution < -0.4 is 5.73 Å². The van der Waals surface area contributed by atoms with Crippen molar-refractivity contribution in [2.24, 2.45) is 0 Å². The van der Waals surface area contributed by atoms with Crippen molar-refractivity contribution in [1.82, 2.24) is 0 Å². The largest absolute Gasteiger partial charge is 0.478 e. The van der Waals surface area contributed by atoms with Crippen molar-refractivity contribution in [1.29, 1.82) is 0 Å². The van der Waals surface area contributed by atoms with Crippen molar-refractivity contribution < 1.29 is 9.90 Å². The van der Waals surface area contributed by atoms with E-state index in [4.69, 9.17) is 10.8 Å². The lowest BCUT2D eigenvalue weighted by Crippen LogP contribution is -1.90. The van der Waals surface area contributed by atoms with Gasteiger partial charge in [-0.2, -0.15) is 11.3 Å². The zero-order chi connectivity index (χ0) is 11.3. The molecule has 80 valence electrons. The summed E-state index contributed by atoms with van der Waals surface area (Å²) in [6.45, 7) is 2.04. The molecule has 0 amide bonds. The summed E-state index contributed by atoms with van der Waals surface area (Å²) >= 11 is 3.07. The Morgan fingerprint density at radius 2 is 2.20 bits per heavy atom. The van der Waals surface area contributed by atoms with E-state index in [1.54, 1.807) is 28.2 Å². The van der Waals surface area contributed by atoms with Crippen LogP contribution >= 0.6 is 22.7 Å². The number of nitrogen functional groups attached to an aromatic ring is 1. The first-order chi connectivity index (χ1) is 7.09. The van der Waals surface area contributed by atoms with Crippen molar-refractivity contribution in [2.75, 3.05) is 5.73 Å². The molecule has 0 bridgehead atoms. The van der Waals surface area contributed by atoms with Gasteiger partial charge in [-0.15, -0.1) is 11.3 Å². The van der Waals surface area contributed by atoms with Gasteiger partial charge in [0.15, 0.2) is 0 Å². The molecule has 5 heteroatoms. The van der Waals surface area contributed by atoms with Gasteiger partial charge >= 0.3 is 5.97 Å². The third-order valence-electron chi connectivity index (χ3n) is 1.52. The Morgan fingerprint density at radius 3 is 2.40 bits per heavy atom. The van der Waals surface area contributed by atoms with Crippen LogP contribution in [0.3, 0.4) is 0 Å². The van der Waals surface area contributed by atoms with Crippen LogP contribution in [0.2, 0.25) is 0 Å². The molecule has 2 aromatic rings. The van der Waals surface area contributed by atoms with Crippen LogP contribution in [0.15, 0.2) is 28.3 Å². The van der Waals surface area contributed by atoms with Crippen molar-refractivity contribution >= 4 is 34.3 Å². The number of carboxylic acid groups (broad SMARTS) is 1. The van der Waals surface area contributed by atoms with Crippen LogP contribution in [0.5, 0.6) is 0 Å². The van der Waals surface area contributed by atoms with E-state index in [1.807, 2.05) is 18.4 Å². The average molecular weight is 241 g/mol. The van der Waals surface area contributed by atoms with Gasteiger partial charge in [0.2, 0.25) is 0 Å². The van der Waals surface area contributed by atoms with Crippen molar-refractivity contribution in [2.45, 2.75) is 6.92 Å². The minimum Gasteiger partial charge on any atom is -0.478 e. The van der Waals surface area contributed by atoms with Gasteiger partial charge in [0.05, 0.1) is 5.56 Å². The summed E-state index contributed by atoms with van der Waals surface area (Å²) in [5.74, 6) is -0.855. The maximum atomic E-state index is 10.1. The Morgan fingerprint density at radius 1 is 1.47 bits per heavy atom. The summed E-state index contributed by atoms with van der Waals surface area (Å²) in [6.07, 6.45) is 0. The molecule has 2 rings (SSSR count). The lowest BCUT2D eigenvalue weighted by Gasteiger charge is -1.78. The number of thiophene rings is 2. The second-order valence-corrected chi connectivity index (χ2v) is 4.70. The fourth-order valence-electron chi connectivity index (χ4n) is 0.850. The van der Waals surface area contributed by atoms with Gasteiger partial charge in [-0.3, -0.25) is 0 Å². The van der Waals surface area contributed by atoms with Crippen molar-refractivity contribution in [3.05, 3.63) is 38.7 Å². The number of hydrogen-bond acceptors (Lipinski definition) is 4. The summed E-state index contributed by atoms with van der Waals surface area (Å²) in [5.41, 5.74) is 6.64. The van der Waals surface area contributed by atoms with E-state index in [2.05, 4.69) is 0 Å². The Hall–Kier alpha value is -1.33. The summed E-state index contributed by atoms with van der Waals surface area (Å²) in [7, 11) is 0. The molecule has 3 nitrogen and oxygen atoms in total. The fraction of sp³-hybridized carbons (Fsp3) is 0.100. The normalized spacial score (nSPS) is 9.13. The molecule has 15 heavy (non-hydrogen) atoms. The smallest absolute Gasteiger partial charge is 0.336 e. The van der Waals surface area contributed by atoms with Gasteiger partial charge in [0, 0.05) is 21.3 Å². The third kappa shape index (κ3) is 4.14. The summed E-state index contributed by atoms with van der Waals surface area (Å²) in [5, 5.41) is 13.6. The average Bonchev–Trinajstić information content (AvgIpc) is 2.77. The highest BCUT2D eigenvalue weighted by atomic mass is 32.1. The maximum absolute atomic E-state index is 10.1. The Labute approximate surface area is 95.8 Å². The zero-order valence-electron chi connectivity index (χ0n) is 8.14. The molecule has 0 spiro atoms. The van der Waals surface area contributed by atoms with Crippen LogP contribution in [-0.4, -0.2) is 11.1 Å². The monoisotopic (exact) mass is 241 g/mol. The standard InChI is InChI=1S/C5H7NS.C5H4O2S/c1-4-2-5(6)3-7-4;6-5(7)4-1-2-8-3-4/h2-3H,6H2,1H3;1-3H,(H,6,7). The van der Waals surface area contributed by atoms with Gasteiger partial charge in [-0.1, -0.05) is 0 Å². The van der Waals surface area contributed by atoms with E-state index in [0.29, 0.717) is 5.56 Å². The van der Waals surface area contributed by atoms with Crippen LogP contribution in [0.4, 0.5) is 5.69 Å². The third-order valence-corrected chi connectivity index (χ3v) is 3.08. The predicted molar refractivity (Wildman–Crippen MR) is 64.7 cm³/mol. The molecule has 0 aromatic carbocycles. The second-order valence-electron chi connectivity index (χ2n) is 2.81. The van der Waals surface area contributed by atoms with Crippen LogP contribution in [0, 0.1) is 6.92 Å². The molecule has 0 atom stereocenters. The Balaban J connectivity index is 0.000000151. The van der Waals surface area contributed by atoms with E-state index in [9.17, 15) is 4.79 Å². The molecule has 0 aliphatic rings. The number of carboxylic acids is 1. The second kappa shape index (κ2) is 5.53. The van der Waals surface area contributed by atoms with Crippen LogP contribution in [-0.2, 0) is 0 Å². The highest BCUT2D eigenvalue weighted by Crippen LogP contribution is 2.13. The minimum atomic E-state index is -0.855. The van der Waals surface area contributed by atoms with E-state index in [-0.39, 0.29) is 0 Å². The topological polar surface area (TPSA) is 63.3 Å². The lowest BCUT2D eigenvalue weighted by atomic mass is 10.4. The molecule has 2 heterocycles. The number of hydrogen-bond donors (Lipinski definition) is 2. The molecular formula is C10H11NO2S2. The summed E-state index contributed by atoms with van der Waals surface area (Å²) in [4.78, 5) is 11.3. The maximum Gasteiger partial charge on any atom is 0.336 e. The van der Waals surface area contributed by atoms with Gasteiger partial charge in [0.25, 0.3) is 0 Å². The van der Waals surface area contributed by atoms with Gasteiger partial charge < -0.3 is 10.8 Å². The van der Waals surface area contributed by atoms with Gasteiger partial charge in [-0.05, 0) is 24.4 Å². The van der Waals surface area contributed by atoms with E-state index >= 15 is 0 Å². The molecule has 0 saturated carbocycles. The molecule has 3 N–H and O–H groups in total. The molecule has 0 aliphatic heterocycles. The molecule has 2 aromatic heterocycles. The molecular weight excluding hydrogens is 230 g/mol. The fourth-order valence-corrected chi connectivity index (χ4v) is 2.07. The molecule has 0 fully saturated rings. The highest BCUT2D eigenvalue weighted by Gasteiger charge is 1.98. The first kappa shape index (κ1) is 11.7. The van der Waals surface area contributed by atoms with Crippen LogP contribution in [0.25, 0.3) is 0 Å². The summed E-state index contributed by atoms with van der Waals surface area (Å²) in [6, 6.07) is 3.54. The van der Waals surface area contributed by atoms with Crippen LogP contribution in [0.1, 0.15) is 15.2 Å². The number of aryl methyl sites for hydroxylation is 1. The number of carbonyl (C=O) groups is 1. The predicted octanol–water partition coefficient (Wildman–Crippen LogP) is 3.09. The van der Waals surface area contributed by atoms with Crippen molar-refractivity contribution in [3.8, 4) is 0 Å². The number of nitrogens with two attached hydrogens (primary N) is 1. The van der Waals surface area contributed by atoms with E-state index < -0.39 is 5.97 Å². The molecule has 0 unspecified atom stereocenters.